The predicted molar refractivity (Wildman–Crippen MR) is 37.1 cm³/mol. The summed E-state index contributed by atoms with van der Waals surface area (Å²) >= 11 is 2.79. The molecular formula is CH8N3O3PS. The van der Waals surface area contributed by atoms with Crippen LogP contribution in [-0.4, -0.2) is 15.7 Å². The fourth-order valence-corrected chi connectivity index (χ4v) is 0. The maximum atomic E-state index is 9.19. The van der Waals surface area contributed by atoms with E-state index < -0.39 is 6.80 Å². The van der Waals surface area contributed by atoms with Crippen LogP contribution in [0.25, 0.3) is 0 Å². The highest BCUT2D eigenvalue weighted by Gasteiger charge is 1.97. The predicted octanol–water partition coefficient (Wildman–Crippen LogP) is -1.15. The Labute approximate surface area is 57.1 Å². The van der Waals surface area contributed by atoms with Crippen LogP contribution < -0.4 is 11.5 Å². The minimum atomic E-state index is -3.94. The fourth-order valence-electron chi connectivity index (χ4n) is 0. The second kappa shape index (κ2) is 4.63. The van der Waals surface area contributed by atoms with Crippen LogP contribution >= 0.6 is 19.0 Å². The molecule has 0 radical (unpaired) electrons. The highest BCUT2D eigenvalue weighted by molar-refractivity contribution is 8.43. The van der Waals surface area contributed by atoms with E-state index >= 15 is 0 Å². The van der Waals surface area contributed by atoms with Gasteiger partial charge in [-0.15, -0.1) is 0 Å². The van der Waals surface area contributed by atoms with E-state index in [0.29, 0.717) is 0 Å². The van der Waals surface area contributed by atoms with Gasteiger partial charge in [-0.25, -0.2) is 4.57 Å². The Hall–Kier alpha value is -0.230. The number of hydrogen-bond donors (Lipinski definition) is 6. The zero-order chi connectivity index (χ0) is 8.08. The van der Waals surface area contributed by atoms with Crippen molar-refractivity contribution in [3.05, 3.63) is 0 Å². The van der Waals surface area contributed by atoms with Crippen molar-refractivity contribution in [3.63, 3.8) is 0 Å². The average Bonchev–Trinajstić information content (AvgIpc) is 1.19. The maximum Gasteiger partial charge on any atom is 0.380 e. The third kappa shape index (κ3) is 4890. The van der Waals surface area contributed by atoms with Crippen molar-refractivity contribution < 1.29 is 14.4 Å². The van der Waals surface area contributed by atoms with Crippen molar-refractivity contribution in [3.8, 4) is 0 Å². The molecule has 8 heteroatoms. The normalized spacial score (nSPS) is 9.22. The highest BCUT2D eigenvalue weighted by Crippen LogP contribution is 2.39. The van der Waals surface area contributed by atoms with Gasteiger partial charge in [-0.2, -0.15) is 0 Å². The van der Waals surface area contributed by atoms with Crippen molar-refractivity contribution >= 4 is 25.0 Å². The molecule has 0 spiro atoms. The van der Waals surface area contributed by atoms with E-state index in [0.717, 1.165) is 0 Å². The molecule has 0 aromatic rings. The Morgan fingerprint density at radius 3 is 1.56 bits per heavy atom. The molecule has 0 aromatic heterocycles. The van der Waals surface area contributed by atoms with Crippen molar-refractivity contribution in [2.45, 2.75) is 0 Å². The fraction of sp³-hybridized carbons (Fsp3) is 0. The third-order valence-corrected chi connectivity index (χ3v) is 0. The van der Waals surface area contributed by atoms with Gasteiger partial charge in [-0.05, 0) is 0 Å². The van der Waals surface area contributed by atoms with E-state index in [4.69, 9.17) is 15.2 Å². The van der Waals surface area contributed by atoms with Gasteiger partial charge in [0.2, 0.25) is 0 Å². The molecule has 0 bridgehead atoms. The van der Waals surface area contributed by atoms with Gasteiger partial charge in [0, 0.05) is 0 Å². The van der Waals surface area contributed by atoms with Crippen molar-refractivity contribution in [1.29, 1.82) is 5.41 Å². The minimum Gasteiger partial charge on any atom is -0.370 e. The van der Waals surface area contributed by atoms with Gasteiger partial charge in [0.05, 0.1) is 0 Å². The van der Waals surface area contributed by atoms with E-state index in [9.17, 15) is 4.57 Å². The van der Waals surface area contributed by atoms with E-state index in [-0.39, 0.29) is 5.96 Å². The van der Waals surface area contributed by atoms with E-state index in [1.54, 1.807) is 0 Å². The summed E-state index contributed by atoms with van der Waals surface area (Å²) in [6.07, 6.45) is 0. The average molecular weight is 173 g/mol. The molecule has 7 N–H and O–H groups in total. The smallest absolute Gasteiger partial charge is 0.370 e. The number of hydrogen-bond acceptors (Lipinski definition) is 2. The summed E-state index contributed by atoms with van der Waals surface area (Å²) in [5, 5.41) is 6.06. The zero-order valence-corrected chi connectivity index (χ0v) is 6.14. The first-order valence-corrected chi connectivity index (χ1v) is 4.38. The lowest BCUT2D eigenvalue weighted by Crippen LogP contribution is -2.20. The molecule has 0 saturated carbocycles. The van der Waals surface area contributed by atoms with Crippen molar-refractivity contribution in [1.82, 2.24) is 0 Å². The van der Waals surface area contributed by atoms with Crippen molar-refractivity contribution in [2.24, 2.45) is 11.5 Å². The lowest BCUT2D eigenvalue weighted by atomic mass is 11.1. The zero-order valence-electron chi connectivity index (χ0n) is 4.35. The molecule has 0 aromatic carbocycles. The van der Waals surface area contributed by atoms with Gasteiger partial charge in [0.15, 0.2) is 5.96 Å². The van der Waals surface area contributed by atoms with Crippen LogP contribution in [0.5, 0.6) is 0 Å². The Bertz CT molecular complexity index is 119. The van der Waals surface area contributed by atoms with Gasteiger partial charge in [-0.3, -0.25) is 5.41 Å². The van der Waals surface area contributed by atoms with Crippen LogP contribution in [-0.2, 0) is 4.57 Å². The van der Waals surface area contributed by atoms with E-state index in [2.05, 4.69) is 23.7 Å². The molecule has 0 aliphatic carbocycles. The summed E-state index contributed by atoms with van der Waals surface area (Å²) in [6.45, 7) is -3.94. The molecule has 0 atom stereocenters. The summed E-state index contributed by atoms with van der Waals surface area (Å²) in [6, 6.07) is 0. The molecule has 0 fully saturated rings. The van der Waals surface area contributed by atoms with Gasteiger partial charge >= 0.3 is 6.80 Å². The number of thiol groups is 1. The molecule has 0 amide bonds. The van der Waals surface area contributed by atoms with Gasteiger partial charge in [0.25, 0.3) is 0 Å². The number of nitrogens with two attached hydrogens (primary N) is 2. The second-order valence-corrected chi connectivity index (χ2v) is 3.56. The molecule has 6 nitrogen and oxygen atoms in total. The number of guanidine groups is 1. The van der Waals surface area contributed by atoms with E-state index in [1.807, 2.05) is 0 Å². The Balaban J connectivity index is 0. The third-order valence-electron chi connectivity index (χ3n) is 0. The van der Waals surface area contributed by atoms with Crippen LogP contribution in [0.1, 0.15) is 0 Å². The van der Waals surface area contributed by atoms with E-state index in [1.165, 1.54) is 0 Å². The first kappa shape index (κ1) is 11.6. The summed E-state index contributed by atoms with van der Waals surface area (Å²) < 4.78 is 9.19. The van der Waals surface area contributed by atoms with Crippen LogP contribution in [0, 0.1) is 5.41 Å². The van der Waals surface area contributed by atoms with Crippen molar-refractivity contribution in [2.75, 3.05) is 0 Å². The topological polar surface area (TPSA) is 133 Å². The SMILES string of the molecule is N=C(N)N.O=P(O)(O)S. The quantitative estimate of drug-likeness (QED) is 0.119. The molecule has 0 aliphatic heterocycles. The summed E-state index contributed by atoms with van der Waals surface area (Å²) in [5.74, 6) is -0.333. The summed E-state index contributed by atoms with van der Waals surface area (Å²) in [5.41, 5.74) is 8.94. The number of rotatable bonds is 0. The van der Waals surface area contributed by atoms with Crippen LogP contribution in [0.2, 0.25) is 0 Å². The molecule has 0 heterocycles. The lowest BCUT2D eigenvalue weighted by Gasteiger charge is -1.82. The highest BCUT2D eigenvalue weighted by atomic mass is 32.7. The maximum absolute atomic E-state index is 9.19. The Morgan fingerprint density at radius 1 is 1.56 bits per heavy atom. The molecule has 0 aliphatic rings. The molecule has 9 heavy (non-hydrogen) atoms. The first-order valence-electron chi connectivity index (χ1n) is 1.61. The van der Waals surface area contributed by atoms with Crippen LogP contribution in [0.15, 0.2) is 0 Å². The van der Waals surface area contributed by atoms with Gasteiger partial charge < -0.3 is 21.3 Å². The molecular weight excluding hydrogens is 165 g/mol. The standard InChI is InChI=1S/CH5N3.H3O3PS/c2-1(3)4;1-4(2,3)5/h(H5,2,3,4);(H3,1,2,3,5). The number of nitrogens with one attached hydrogen (secondary N) is 1. The van der Waals surface area contributed by atoms with Gasteiger partial charge in [0.1, 0.15) is 0 Å². The molecule has 0 rings (SSSR count). The Morgan fingerprint density at radius 2 is 1.56 bits per heavy atom. The Kier molecular flexibility index (Phi) is 5.94. The summed E-state index contributed by atoms with van der Waals surface area (Å²) in [4.78, 5) is 15.0. The monoisotopic (exact) mass is 173 g/mol. The lowest BCUT2D eigenvalue weighted by molar-refractivity contribution is 0.397. The minimum absolute atomic E-state index is 0.333. The molecule has 0 unspecified atom stereocenters. The molecule has 56 valence electrons. The largest absolute Gasteiger partial charge is 0.380 e. The van der Waals surface area contributed by atoms with Crippen LogP contribution in [0.3, 0.4) is 0 Å². The second-order valence-electron chi connectivity index (χ2n) is 0.969. The first-order chi connectivity index (χ1) is 3.73. The van der Waals surface area contributed by atoms with Gasteiger partial charge in [-0.1, -0.05) is 12.2 Å². The summed E-state index contributed by atoms with van der Waals surface area (Å²) in [7, 11) is 0. The molecule has 0 saturated heterocycles. The van der Waals surface area contributed by atoms with Crippen LogP contribution in [0.4, 0.5) is 0 Å².